The summed E-state index contributed by atoms with van der Waals surface area (Å²) >= 11 is 5.97. The van der Waals surface area contributed by atoms with E-state index in [2.05, 4.69) is 10.6 Å². The van der Waals surface area contributed by atoms with Crippen molar-refractivity contribution in [3.8, 4) is 5.75 Å². The molecule has 1 rings (SSSR count). The van der Waals surface area contributed by atoms with Crippen molar-refractivity contribution < 1.29 is 9.53 Å². The largest absolute Gasteiger partial charge is 0.497 e. The molecule has 1 aromatic rings. The molecule has 0 aromatic heterocycles. The first-order valence-corrected chi connectivity index (χ1v) is 5.89. The molecule has 17 heavy (non-hydrogen) atoms. The van der Waals surface area contributed by atoms with Crippen molar-refractivity contribution in [2.24, 2.45) is 0 Å². The number of hydrogen-bond acceptors (Lipinski definition) is 3. The van der Waals surface area contributed by atoms with Crippen LogP contribution in [-0.4, -0.2) is 26.1 Å². The van der Waals surface area contributed by atoms with E-state index in [1.807, 2.05) is 6.92 Å². The fourth-order valence-electron chi connectivity index (χ4n) is 1.32. The second-order valence-corrected chi connectivity index (χ2v) is 3.90. The molecule has 0 spiro atoms. The van der Waals surface area contributed by atoms with E-state index < -0.39 is 0 Å². The van der Waals surface area contributed by atoms with Crippen molar-refractivity contribution in [2.45, 2.75) is 13.3 Å². The lowest BCUT2D eigenvalue weighted by Gasteiger charge is -2.09. The number of halogens is 1. The molecule has 2 N–H and O–H groups in total. The van der Waals surface area contributed by atoms with Crippen molar-refractivity contribution in [1.29, 1.82) is 0 Å². The molecule has 0 saturated carbocycles. The average Bonchev–Trinajstić information content (AvgIpc) is 2.32. The van der Waals surface area contributed by atoms with Crippen LogP contribution in [0.1, 0.15) is 13.3 Å². The molecule has 0 fully saturated rings. The second-order valence-electron chi connectivity index (χ2n) is 3.50. The van der Waals surface area contributed by atoms with Crippen LogP contribution in [0.2, 0.25) is 5.02 Å². The Balaban J connectivity index is 2.57. The summed E-state index contributed by atoms with van der Waals surface area (Å²) < 4.78 is 5.07. The number of rotatable bonds is 6. The Kier molecular flexibility index (Phi) is 5.80. The monoisotopic (exact) mass is 256 g/mol. The minimum Gasteiger partial charge on any atom is -0.497 e. The minimum atomic E-state index is -0.0684. The van der Waals surface area contributed by atoms with Gasteiger partial charge in [-0.25, -0.2) is 0 Å². The van der Waals surface area contributed by atoms with Crippen LogP contribution in [0.4, 0.5) is 5.69 Å². The van der Waals surface area contributed by atoms with E-state index in [1.54, 1.807) is 25.3 Å². The van der Waals surface area contributed by atoms with Crippen LogP contribution in [0.15, 0.2) is 18.2 Å². The number of benzene rings is 1. The average molecular weight is 257 g/mol. The first-order chi connectivity index (χ1) is 8.17. The van der Waals surface area contributed by atoms with Crippen molar-refractivity contribution in [1.82, 2.24) is 5.32 Å². The maximum absolute atomic E-state index is 11.6. The van der Waals surface area contributed by atoms with Gasteiger partial charge in [-0.1, -0.05) is 18.5 Å². The third-order valence-corrected chi connectivity index (χ3v) is 2.56. The second kappa shape index (κ2) is 7.14. The summed E-state index contributed by atoms with van der Waals surface area (Å²) in [5.41, 5.74) is 0.576. The van der Waals surface area contributed by atoms with Gasteiger partial charge in [0.05, 0.1) is 17.8 Å². The number of hydrogen-bond donors (Lipinski definition) is 2. The zero-order valence-electron chi connectivity index (χ0n) is 10.0. The standard InChI is InChI=1S/C12H17ClN2O2/c1-3-14-7-6-12(16)15-11-8-9(17-2)4-5-10(11)13/h4-5,8,14H,3,6-7H2,1-2H3,(H,15,16). The number of methoxy groups -OCH3 is 1. The van der Waals surface area contributed by atoms with Crippen LogP contribution >= 0.6 is 11.6 Å². The Bertz CT molecular complexity index is 383. The van der Waals surface area contributed by atoms with E-state index in [1.165, 1.54) is 0 Å². The first-order valence-electron chi connectivity index (χ1n) is 5.51. The van der Waals surface area contributed by atoms with Gasteiger partial charge in [-0.05, 0) is 18.7 Å². The normalized spacial score (nSPS) is 10.1. The summed E-state index contributed by atoms with van der Waals surface area (Å²) in [6, 6.07) is 5.14. The Morgan fingerprint density at radius 1 is 1.47 bits per heavy atom. The lowest BCUT2D eigenvalue weighted by atomic mass is 10.3. The molecule has 0 unspecified atom stereocenters. The van der Waals surface area contributed by atoms with Gasteiger partial charge in [0.1, 0.15) is 5.75 Å². The number of carbonyl (C=O) groups excluding carboxylic acids is 1. The zero-order chi connectivity index (χ0) is 12.7. The Morgan fingerprint density at radius 3 is 2.88 bits per heavy atom. The lowest BCUT2D eigenvalue weighted by Crippen LogP contribution is -2.21. The van der Waals surface area contributed by atoms with Crippen LogP contribution in [0.25, 0.3) is 0 Å². The smallest absolute Gasteiger partial charge is 0.225 e. The van der Waals surface area contributed by atoms with E-state index in [0.29, 0.717) is 29.4 Å². The fraction of sp³-hybridized carbons (Fsp3) is 0.417. The van der Waals surface area contributed by atoms with E-state index in [9.17, 15) is 4.79 Å². The molecule has 0 bridgehead atoms. The van der Waals surface area contributed by atoms with E-state index in [4.69, 9.17) is 16.3 Å². The van der Waals surface area contributed by atoms with E-state index in [0.717, 1.165) is 6.54 Å². The quantitative estimate of drug-likeness (QED) is 0.768. The van der Waals surface area contributed by atoms with Crippen LogP contribution in [0.5, 0.6) is 5.75 Å². The minimum absolute atomic E-state index is 0.0684. The number of amides is 1. The van der Waals surface area contributed by atoms with Gasteiger partial charge in [-0.2, -0.15) is 0 Å². The molecule has 0 radical (unpaired) electrons. The maximum Gasteiger partial charge on any atom is 0.225 e. The van der Waals surface area contributed by atoms with Crippen molar-refractivity contribution in [2.75, 3.05) is 25.5 Å². The molecule has 0 heterocycles. The first kappa shape index (κ1) is 13.8. The van der Waals surface area contributed by atoms with Crippen molar-refractivity contribution >= 4 is 23.2 Å². The third kappa shape index (κ3) is 4.63. The number of anilines is 1. The van der Waals surface area contributed by atoms with Gasteiger partial charge >= 0.3 is 0 Å². The Labute approximate surface area is 106 Å². The Morgan fingerprint density at radius 2 is 2.24 bits per heavy atom. The molecule has 94 valence electrons. The lowest BCUT2D eigenvalue weighted by molar-refractivity contribution is -0.116. The van der Waals surface area contributed by atoms with E-state index in [-0.39, 0.29) is 5.91 Å². The molecule has 0 atom stereocenters. The van der Waals surface area contributed by atoms with Crippen molar-refractivity contribution in [3.63, 3.8) is 0 Å². The molecule has 4 nitrogen and oxygen atoms in total. The fourth-order valence-corrected chi connectivity index (χ4v) is 1.48. The molecule has 1 amide bonds. The van der Waals surface area contributed by atoms with Crippen LogP contribution in [0, 0.1) is 0 Å². The highest BCUT2D eigenvalue weighted by molar-refractivity contribution is 6.33. The molecular weight excluding hydrogens is 240 g/mol. The SMILES string of the molecule is CCNCCC(=O)Nc1cc(OC)ccc1Cl. The molecule has 1 aromatic carbocycles. The molecular formula is C12H17ClN2O2. The predicted octanol–water partition coefficient (Wildman–Crippen LogP) is 2.29. The van der Waals surface area contributed by atoms with Gasteiger partial charge in [-0.3, -0.25) is 4.79 Å². The highest BCUT2D eigenvalue weighted by atomic mass is 35.5. The van der Waals surface area contributed by atoms with Gasteiger partial charge in [0, 0.05) is 19.0 Å². The van der Waals surface area contributed by atoms with Gasteiger partial charge < -0.3 is 15.4 Å². The number of carbonyl (C=O) groups is 1. The molecule has 5 heteroatoms. The summed E-state index contributed by atoms with van der Waals surface area (Å²) in [5.74, 6) is 0.595. The third-order valence-electron chi connectivity index (χ3n) is 2.23. The van der Waals surface area contributed by atoms with Crippen LogP contribution < -0.4 is 15.4 Å². The predicted molar refractivity (Wildman–Crippen MR) is 69.8 cm³/mol. The molecule has 0 aliphatic heterocycles. The summed E-state index contributed by atoms with van der Waals surface area (Å²) in [4.78, 5) is 11.6. The highest BCUT2D eigenvalue weighted by Gasteiger charge is 2.06. The number of nitrogens with one attached hydrogen (secondary N) is 2. The number of ether oxygens (including phenoxy) is 1. The molecule has 0 aliphatic rings. The van der Waals surface area contributed by atoms with Gasteiger partial charge in [-0.15, -0.1) is 0 Å². The topological polar surface area (TPSA) is 50.4 Å². The van der Waals surface area contributed by atoms with Gasteiger partial charge in [0.15, 0.2) is 0 Å². The summed E-state index contributed by atoms with van der Waals surface area (Å²) in [7, 11) is 1.57. The summed E-state index contributed by atoms with van der Waals surface area (Å²) in [6.45, 7) is 3.51. The zero-order valence-corrected chi connectivity index (χ0v) is 10.8. The summed E-state index contributed by atoms with van der Waals surface area (Å²) in [5, 5.41) is 6.34. The Hall–Kier alpha value is -1.26. The summed E-state index contributed by atoms with van der Waals surface area (Å²) in [6.07, 6.45) is 0.418. The molecule has 0 saturated heterocycles. The van der Waals surface area contributed by atoms with Gasteiger partial charge in [0.2, 0.25) is 5.91 Å². The molecule has 0 aliphatic carbocycles. The van der Waals surface area contributed by atoms with E-state index >= 15 is 0 Å². The van der Waals surface area contributed by atoms with Gasteiger partial charge in [0.25, 0.3) is 0 Å². The van der Waals surface area contributed by atoms with Crippen LogP contribution in [0.3, 0.4) is 0 Å². The maximum atomic E-state index is 11.6. The van der Waals surface area contributed by atoms with Crippen molar-refractivity contribution in [3.05, 3.63) is 23.2 Å². The van der Waals surface area contributed by atoms with Crippen LogP contribution in [-0.2, 0) is 4.79 Å². The highest BCUT2D eigenvalue weighted by Crippen LogP contribution is 2.26.